The molecule has 5 heteroatoms. The summed E-state index contributed by atoms with van der Waals surface area (Å²) >= 11 is 0. The van der Waals surface area contributed by atoms with Crippen LogP contribution < -0.4 is 5.32 Å². The first-order valence-electron chi connectivity index (χ1n) is 8.25. The van der Waals surface area contributed by atoms with E-state index in [9.17, 15) is 4.39 Å². The average Bonchev–Trinajstić information content (AvgIpc) is 3.17. The smallest absolute Gasteiger partial charge is 0.128 e. The number of rotatable bonds is 7. The van der Waals surface area contributed by atoms with E-state index in [1.807, 2.05) is 16.8 Å². The molecule has 3 rings (SSSR count). The zero-order chi connectivity index (χ0) is 17.6. The van der Waals surface area contributed by atoms with Crippen molar-refractivity contribution in [3.63, 3.8) is 0 Å². The van der Waals surface area contributed by atoms with E-state index in [-0.39, 0.29) is 18.5 Å². The third-order valence-electron chi connectivity index (χ3n) is 4.22. The van der Waals surface area contributed by atoms with Crippen LogP contribution in [0.3, 0.4) is 0 Å². The fraction of sp³-hybridized carbons (Fsp3) is 0.250. The number of ether oxygens (including phenoxy) is 1. The molecule has 2 aromatic carbocycles. The fourth-order valence-electron chi connectivity index (χ4n) is 2.74. The minimum atomic E-state index is -0.228. The van der Waals surface area contributed by atoms with Crippen molar-refractivity contribution >= 4 is 0 Å². The van der Waals surface area contributed by atoms with Gasteiger partial charge in [-0.1, -0.05) is 18.2 Å². The molecule has 130 valence electrons. The molecule has 0 saturated carbocycles. The van der Waals surface area contributed by atoms with Gasteiger partial charge in [0.2, 0.25) is 0 Å². The SMILES string of the molecule is COCc1cc(CNC(C)c2ccc(-n3ccnc3)cc2)ccc1F. The molecular formula is C20H22FN3O. The van der Waals surface area contributed by atoms with Crippen LogP contribution in [-0.4, -0.2) is 16.7 Å². The average molecular weight is 339 g/mol. The van der Waals surface area contributed by atoms with Crippen molar-refractivity contribution in [1.29, 1.82) is 0 Å². The number of benzene rings is 2. The van der Waals surface area contributed by atoms with Crippen molar-refractivity contribution < 1.29 is 9.13 Å². The second kappa shape index (κ2) is 8.05. The van der Waals surface area contributed by atoms with E-state index < -0.39 is 0 Å². The van der Waals surface area contributed by atoms with Gasteiger partial charge in [0.15, 0.2) is 0 Å². The van der Waals surface area contributed by atoms with E-state index >= 15 is 0 Å². The van der Waals surface area contributed by atoms with E-state index in [0.29, 0.717) is 12.1 Å². The summed E-state index contributed by atoms with van der Waals surface area (Å²) in [5.74, 6) is -0.228. The third-order valence-corrected chi connectivity index (χ3v) is 4.22. The van der Waals surface area contributed by atoms with Gasteiger partial charge in [-0.25, -0.2) is 9.37 Å². The lowest BCUT2D eigenvalue weighted by Gasteiger charge is -2.15. The number of methoxy groups -OCH3 is 1. The van der Waals surface area contributed by atoms with Gasteiger partial charge in [0, 0.05) is 43.3 Å². The molecule has 0 aliphatic heterocycles. The van der Waals surface area contributed by atoms with Gasteiger partial charge in [-0.05, 0) is 42.3 Å². The van der Waals surface area contributed by atoms with Crippen molar-refractivity contribution in [3.8, 4) is 5.69 Å². The fourth-order valence-corrected chi connectivity index (χ4v) is 2.74. The van der Waals surface area contributed by atoms with E-state index in [1.165, 1.54) is 11.6 Å². The summed E-state index contributed by atoms with van der Waals surface area (Å²) in [5.41, 5.74) is 3.90. The minimum absolute atomic E-state index is 0.188. The Morgan fingerprint density at radius 1 is 1.20 bits per heavy atom. The lowest BCUT2D eigenvalue weighted by molar-refractivity contribution is 0.181. The topological polar surface area (TPSA) is 39.1 Å². The van der Waals surface area contributed by atoms with E-state index in [2.05, 4.69) is 41.5 Å². The molecule has 0 bridgehead atoms. The number of halogens is 1. The summed E-state index contributed by atoms with van der Waals surface area (Å²) in [6.45, 7) is 3.07. The highest BCUT2D eigenvalue weighted by Crippen LogP contribution is 2.17. The summed E-state index contributed by atoms with van der Waals surface area (Å²) in [6.07, 6.45) is 5.46. The van der Waals surface area contributed by atoms with Crippen LogP contribution in [0.1, 0.15) is 29.7 Å². The van der Waals surface area contributed by atoms with Crippen LogP contribution in [0.5, 0.6) is 0 Å². The van der Waals surface area contributed by atoms with Crippen LogP contribution in [0.15, 0.2) is 61.2 Å². The highest BCUT2D eigenvalue weighted by Gasteiger charge is 2.07. The number of imidazole rings is 1. The second-order valence-corrected chi connectivity index (χ2v) is 6.02. The molecule has 0 aliphatic rings. The van der Waals surface area contributed by atoms with E-state index in [4.69, 9.17) is 4.74 Å². The lowest BCUT2D eigenvalue weighted by Crippen LogP contribution is -2.18. The first-order chi connectivity index (χ1) is 12.2. The van der Waals surface area contributed by atoms with Crippen LogP contribution in [-0.2, 0) is 17.9 Å². The summed E-state index contributed by atoms with van der Waals surface area (Å²) in [7, 11) is 1.57. The van der Waals surface area contributed by atoms with Gasteiger partial charge >= 0.3 is 0 Å². The first kappa shape index (κ1) is 17.3. The van der Waals surface area contributed by atoms with Crippen LogP contribution in [0.2, 0.25) is 0 Å². The summed E-state index contributed by atoms with van der Waals surface area (Å²) < 4.78 is 20.7. The molecule has 25 heavy (non-hydrogen) atoms. The number of aromatic nitrogens is 2. The van der Waals surface area contributed by atoms with Crippen LogP contribution in [0.25, 0.3) is 5.69 Å². The maximum atomic E-state index is 13.7. The monoisotopic (exact) mass is 339 g/mol. The number of nitrogens with one attached hydrogen (secondary N) is 1. The molecule has 4 nitrogen and oxygen atoms in total. The van der Waals surface area contributed by atoms with Gasteiger partial charge in [-0.3, -0.25) is 0 Å². The van der Waals surface area contributed by atoms with E-state index in [0.717, 1.165) is 11.3 Å². The Kier molecular flexibility index (Phi) is 5.58. The molecule has 1 atom stereocenters. The van der Waals surface area contributed by atoms with Gasteiger partial charge in [0.05, 0.1) is 12.9 Å². The molecule has 0 aliphatic carbocycles. The van der Waals surface area contributed by atoms with E-state index in [1.54, 1.807) is 25.7 Å². The summed E-state index contributed by atoms with van der Waals surface area (Å²) in [5, 5.41) is 3.48. The second-order valence-electron chi connectivity index (χ2n) is 6.02. The Labute approximate surface area is 147 Å². The van der Waals surface area contributed by atoms with Crippen molar-refractivity contribution in [2.75, 3.05) is 7.11 Å². The van der Waals surface area contributed by atoms with Crippen molar-refractivity contribution in [1.82, 2.24) is 14.9 Å². The third kappa shape index (κ3) is 4.32. The van der Waals surface area contributed by atoms with Crippen LogP contribution >= 0.6 is 0 Å². The number of hydrogen-bond acceptors (Lipinski definition) is 3. The van der Waals surface area contributed by atoms with Crippen LogP contribution in [0, 0.1) is 5.82 Å². The van der Waals surface area contributed by atoms with Gasteiger partial charge in [-0.2, -0.15) is 0 Å². The standard InChI is InChI=1S/C20H22FN3O/c1-15(17-4-6-19(7-5-17)24-10-9-22-14-24)23-12-16-3-8-20(21)18(11-16)13-25-2/h3-11,14-15,23H,12-13H2,1-2H3. The van der Waals surface area contributed by atoms with Crippen molar-refractivity contribution in [2.24, 2.45) is 0 Å². The molecular weight excluding hydrogens is 317 g/mol. The predicted octanol–water partition coefficient (Wildman–Crippen LogP) is 4.01. The van der Waals surface area contributed by atoms with Crippen molar-refractivity contribution in [3.05, 3.63) is 83.7 Å². The zero-order valence-electron chi connectivity index (χ0n) is 14.4. The van der Waals surface area contributed by atoms with Gasteiger partial charge in [0.1, 0.15) is 5.82 Å². The number of hydrogen-bond donors (Lipinski definition) is 1. The summed E-state index contributed by atoms with van der Waals surface area (Å²) in [6, 6.07) is 13.7. The predicted molar refractivity (Wildman–Crippen MR) is 95.9 cm³/mol. The molecule has 1 aromatic heterocycles. The maximum Gasteiger partial charge on any atom is 0.128 e. The highest BCUT2D eigenvalue weighted by molar-refractivity contribution is 5.35. The van der Waals surface area contributed by atoms with Gasteiger partial charge in [0.25, 0.3) is 0 Å². The molecule has 1 heterocycles. The first-order valence-corrected chi connectivity index (χ1v) is 8.25. The van der Waals surface area contributed by atoms with Crippen LogP contribution in [0.4, 0.5) is 4.39 Å². The number of nitrogens with zero attached hydrogens (tertiary/aromatic N) is 2. The molecule has 0 fully saturated rings. The maximum absolute atomic E-state index is 13.7. The Hall–Kier alpha value is -2.50. The molecule has 0 amide bonds. The van der Waals surface area contributed by atoms with Gasteiger partial charge < -0.3 is 14.6 Å². The summed E-state index contributed by atoms with van der Waals surface area (Å²) in [4.78, 5) is 4.06. The Morgan fingerprint density at radius 2 is 2.00 bits per heavy atom. The Morgan fingerprint density at radius 3 is 2.68 bits per heavy atom. The largest absolute Gasteiger partial charge is 0.380 e. The normalized spacial score (nSPS) is 12.3. The molecule has 0 radical (unpaired) electrons. The molecule has 1 N–H and O–H groups in total. The highest BCUT2D eigenvalue weighted by atomic mass is 19.1. The Bertz CT molecular complexity index is 800. The lowest BCUT2D eigenvalue weighted by atomic mass is 10.1. The Balaban J connectivity index is 1.62. The quantitative estimate of drug-likeness (QED) is 0.707. The molecule has 3 aromatic rings. The van der Waals surface area contributed by atoms with Crippen molar-refractivity contribution in [2.45, 2.75) is 26.1 Å². The molecule has 0 saturated heterocycles. The zero-order valence-corrected chi connectivity index (χ0v) is 14.4. The molecule has 1 unspecified atom stereocenters. The molecule has 0 spiro atoms. The minimum Gasteiger partial charge on any atom is -0.380 e. The van der Waals surface area contributed by atoms with Gasteiger partial charge in [-0.15, -0.1) is 0 Å².